The van der Waals surface area contributed by atoms with Crippen LogP contribution in [0.1, 0.15) is 5.89 Å². The Labute approximate surface area is 88.0 Å². The van der Waals surface area contributed by atoms with Crippen molar-refractivity contribution in [1.29, 1.82) is 0 Å². The van der Waals surface area contributed by atoms with E-state index in [9.17, 15) is 0 Å². The van der Waals surface area contributed by atoms with Crippen LogP contribution in [0.2, 0.25) is 5.02 Å². The highest BCUT2D eigenvalue weighted by Gasteiger charge is 2.12. The first kappa shape index (κ1) is 8.84. The lowest BCUT2D eigenvalue weighted by Crippen LogP contribution is -1.88. The topological polar surface area (TPSA) is 52.0 Å². The molecule has 68 valence electrons. The number of hydrogen-bond donors (Lipinski definition) is 1. The van der Waals surface area contributed by atoms with Gasteiger partial charge in [0.2, 0.25) is 0 Å². The number of oxazole rings is 1. The van der Waals surface area contributed by atoms with Crippen LogP contribution in [0.3, 0.4) is 0 Å². The van der Waals surface area contributed by atoms with Crippen LogP contribution in [0.4, 0.5) is 5.69 Å². The number of nitrogens with zero attached hydrogens (tertiary/aromatic N) is 1. The van der Waals surface area contributed by atoms with E-state index in [-0.39, 0.29) is 0 Å². The number of nitrogens with two attached hydrogens (primary N) is 1. The van der Waals surface area contributed by atoms with E-state index in [2.05, 4.69) is 20.9 Å². The third kappa shape index (κ3) is 1.30. The van der Waals surface area contributed by atoms with Gasteiger partial charge in [-0.3, -0.25) is 0 Å². The largest absolute Gasteiger partial charge is 0.440 e. The number of aromatic nitrogens is 1. The summed E-state index contributed by atoms with van der Waals surface area (Å²) >= 11 is 9.17. The number of nitrogen functional groups attached to an aromatic ring is 1. The Balaban J connectivity index is 2.92. The van der Waals surface area contributed by atoms with Crippen molar-refractivity contribution in [3.63, 3.8) is 0 Å². The normalized spacial score (nSPS) is 11.0. The average molecular weight is 262 g/mol. The molecule has 1 aromatic heterocycles. The number of aryl methyl sites for hydroxylation is 1. The van der Waals surface area contributed by atoms with Crippen LogP contribution in [-0.2, 0) is 0 Å². The summed E-state index contributed by atoms with van der Waals surface area (Å²) in [6.07, 6.45) is 0. The SMILES string of the molecule is Cc1nc2cc(Cl)c(N)c(Br)c2o1. The predicted octanol–water partition coefficient (Wildman–Crippen LogP) is 3.13. The molecule has 0 saturated carbocycles. The van der Waals surface area contributed by atoms with E-state index in [4.69, 9.17) is 21.8 Å². The van der Waals surface area contributed by atoms with Gasteiger partial charge in [-0.15, -0.1) is 0 Å². The molecule has 2 N–H and O–H groups in total. The van der Waals surface area contributed by atoms with E-state index in [1.165, 1.54) is 0 Å². The molecular weight excluding hydrogens is 255 g/mol. The Morgan fingerprint density at radius 1 is 1.62 bits per heavy atom. The molecule has 0 unspecified atom stereocenters. The van der Waals surface area contributed by atoms with Crippen LogP contribution in [0, 0.1) is 6.92 Å². The maximum atomic E-state index is 5.87. The zero-order valence-corrected chi connectivity index (χ0v) is 9.11. The van der Waals surface area contributed by atoms with Gasteiger partial charge in [-0.2, -0.15) is 0 Å². The molecule has 0 aliphatic heterocycles. The Kier molecular flexibility index (Phi) is 1.96. The van der Waals surface area contributed by atoms with Gasteiger partial charge in [-0.25, -0.2) is 4.98 Å². The summed E-state index contributed by atoms with van der Waals surface area (Å²) in [7, 11) is 0. The first-order valence-electron chi connectivity index (χ1n) is 3.60. The van der Waals surface area contributed by atoms with Crippen LogP contribution in [0.25, 0.3) is 11.1 Å². The molecule has 0 aliphatic carbocycles. The number of hydrogen-bond acceptors (Lipinski definition) is 3. The molecule has 0 bridgehead atoms. The number of fused-ring (bicyclic) bond motifs is 1. The molecule has 3 nitrogen and oxygen atoms in total. The summed E-state index contributed by atoms with van der Waals surface area (Å²) in [6.45, 7) is 1.77. The van der Waals surface area contributed by atoms with Crippen LogP contribution in [-0.4, -0.2) is 4.98 Å². The van der Waals surface area contributed by atoms with E-state index >= 15 is 0 Å². The lowest BCUT2D eigenvalue weighted by molar-refractivity contribution is 0.560. The highest BCUT2D eigenvalue weighted by molar-refractivity contribution is 9.10. The standard InChI is InChI=1S/C8H6BrClN2O/c1-3-12-5-2-4(10)7(11)6(9)8(5)13-3/h2H,11H2,1H3. The second kappa shape index (κ2) is 2.89. The summed E-state index contributed by atoms with van der Waals surface area (Å²) in [4.78, 5) is 4.14. The average Bonchev–Trinajstić information content (AvgIpc) is 2.42. The molecule has 0 spiro atoms. The third-order valence-electron chi connectivity index (χ3n) is 1.72. The molecule has 0 aliphatic rings. The van der Waals surface area contributed by atoms with Gasteiger partial charge in [-0.05, 0) is 22.0 Å². The summed E-state index contributed by atoms with van der Waals surface area (Å²) in [6, 6.07) is 1.69. The van der Waals surface area contributed by atoms with Gasteiger partial charge in [-0.1, -0.05) is 11.6 Å². The highest BCUT2D eigenvalue weighted by Crippen LogP contribution is 2.35. The van der Waals surface area contributed by atoms with Gasteiger partial charge in [0, 0.05) is 6.92 Å². The molecule has 0 amide bonds. The van der Waals surface area contributed by atoms with E-state index in [1.54, 1.807) is 13.0 Å². The molecular formula is C8H6BrClN2O. The van der Waals surface area contributed by atoms with Gasteiger partial charge in [0.15, 0.2) is 11.5 Å². The Hall–Kier alpha value is -0.740. The fourth-order valence-electron chi connectivity index (χ4n) is 1.12. The molecule has 0 radical (unpaired) electrons. The minimum absolute atomic E-state index is 0.477. The fourth-order valence-corrected chi connectivity index (χ4v) is 1.93. The second-order valence-corrected chi connectivity index (χ2v) is 3.87. The van der Waals surface area contributed by atoms with Crippen molar-refractivity contribution in [2.75, 3.05) is 5.73 Å². The summed E-state index contributed by atoms with van der Waals surface area (Å²) in [5.74, 6) is 0.595. The molecule has 2 rings (SSSR count). The molecule has 13 heavy (non-hydrogen) atoms. The second-order valence-electron chi connectivity index (χ2n) is 2.67. The number of halogens is 2. The zero-order valence-electron chi connectivity index (χ0n) is 6.77. The fraction of sp³-hybridized carbons (Fsp3) is 0.125. The quantitative estimate of drug-likeness (QED) is 0.741. The maximum absolute atomic E-state index is 5.87. The summed E-state index contributed by atoms with van der Waals surface area (Å²) < 4.78 is 6.00. The molecule has 0 atom stereocenters. The van der Waals surface area contributed by atoms with E-state index in [1.807, 2.05) is 0 Å². The molecule has 2 aromatic rings. The van der Waals surface area contributed by atoms with E-state index < -0.39 is 0 Å². The van der Waals surface area contributed by atoms with Crippen molar-refractivity contribution >= 4 is 44.3 Å². The van der Waals surface area contributed by atoms with Crippen molar-refractivity contribution < 1.29 is 4.42 Å². The summed E-state index contributed by atoms with van der Waals surface area (Å²) in [5, 5.41) is 0.479. The van der Waals surface area contributed by atoms with E-state index in [0.717, 1.165) is 0 Å². The third-order valence-corrected chi connectivity index (χ3v) is 2.82. The lowest BCUT2D eigenvalue weighted by Gasteiger charge is -1.99. The van der Waals surface area contributed by atoms with Crippen LogP contribution in [0.5, 0.6) is 0 Å². The van der Waals surface area contributed by atoms with Gasteiger partial charge >= 0.3 is 0 Å². The van der Waals surface area contributed by atoms with E-state index in [0.29, 0.717) is 32.2 Å². The zero-order chi connectivity index (χ0) is 9.59. The summed E-state index contributed by atoms with van der Waals surface area (Å²) in [5.41, 5.74) is 7.52. The first-order valence-corrected chi connectivity index (χ1v) is 4.77. The molecule has 5 heteroatoms. The van der Waals surface area contributed by atoms with Crippen LogP contribution < -0.4 is 5.73 Å². The Morgan fingerprint density at radius 2 is 2.31 bits per heavy atom. The Bertz CT molecular complexity index is 480. The van der Waals surface area contributed by atoms with Crippen LogP contribution >= 0.6 is 27.5 Å². The molecule has 0 saturated heterocycles. The van der Waals surface area contributed by atoms with Crippen molar-refractivity contribution in [1.82, 2.24) is 4.98 Å². The van der Waals surface area contributed by atoms with Crippen molar-refractivity contribution in [2.45, 2.75) is 6.92 Å². The van der Waals surface area contributed by atoms with Gasteiger partial charge < -0.3 is 10.2 Å². The van der Waals surface area contributed by atoms with Crippen LogP contribution in [0.15, 0.2) is 15.0 Å². The smallest absolute Gasteiger partial charge is 0.192 e. The maximum Gasteiger partial charge on any atom is 0.192 e. The minimum atomic E-state index is 0.477. The van der Waals surface area contributed by atoms with Gasteiger partial charge in [0.1, 0.15) is 5.52 Å². The lowest BCUT2D eigenvalue weighted by atomic mass is 10.3. The monoisotopic (exact) mass is 260 g/mol. The van der Waals surface area contributed by atoms with Gasteiger partial charge in [0.05, 0.1) is 15.2 Å². The molecule has 1 heterocycles. The number of benzene rings is 1. The van der Waals surface area contributed by atoms with Crippen molar-refractivity contribution in [3.05, 3.63) is 21.5 Å². The number of anilines is 1. The Morgan fingerprint density at radius 3 is 3.00 bits per heavy atom. The number of rotatable bonds is 0. The molecule has 1 aromatic carbocycles. The highest BCUT2D eigenvalue weighted by atomic mass is 79.9. The first-order chi connectivity index (χ1) is 6.09. The predicted molar refractivity (Wildman–Crippen MR) is 55.9 cm³/mol. The van der Waals surface area contributed by atoms with Gasteiger partial charge in [0.25, 0.3) is 0 Å². The van der Waals surface area contributed by atoms with Crippen molar-refractivity contribution in [2.24, 2.45) is 0 Å². The molecule has 0 fully saturated rings. The minimum Gasteiger partial charge on any atom is -0.440 e. The van der Waals surface area contributed by atoms with Crippen molar-refractivity contribution in [3.8, 4) is 0 Å².